The molecule has 0 aliphatic carbocycles. The van der Waals surface area contributed by atoms with Crippen molar-refractivity contribution in [3.63, 3.8) is 0 Å². The zero-order valence-corrected chi connectivity index (χ0v) is 23.2. The van der Waals surface area contributed by atoms with E-state index in [1.807, 2.05) is 0 Å². The number of hydrogen-bond acceptors (Lipinski definition) is 4. The summed E-state index contributed by atoms with van der Waals surface area (Å²) in [5, 5.41) is 9.15. The van der Waals surface area contributed by atoms with Crippen LogP contribution in [-0.2, 0) is 10.1 Å². The van der Waals surface area contributed by atoms with E-state index in [2.05, 4.69) is 13.8 Å². The molecule has 0 bridgehead atoms. The summed E-state index contributed by atoms with van der Waals surface area (Å²) in [6.07, 6.45) is 21.0. The number of aliphatic hydroxyl groups is 1. The van der Waals surface area contributed by atoms with Crippen molar-refractivity contribution >= 4 is 10.1 Å². The van der Waals surface area contributed by atoms with Gasteiger partial charge in [-0.15, -0.1) is 0 Å². The minimum Gasteiger partial charge on any atom is -0.748 e. The Bertz CT molecular complexity index is 442. The van der Waals surface area contributed by atoms with E-state index in [4.69, 9.17) is 0 Å². The van der Waals surface area contributed by atoms with E-state index in [1.165, 1.54) is 38.5 Å². The summed E-state index contributed by atoms with van der Waals surface area (Å²) in [6.45, 7) is 4.29. The van der Waals surface area contributed by atoms with Gasteiger partial charge in [0.2, 0.25) is 0 Å². The molecule has 0 amide bonds. The monoisotopic (exact) mass is 456 g/mol. The third-order valence-corrected chi connectivity index (χ3v) is 7.28. The van der Waals surface area contributed by atoms with Gasteiger partial charge < -0.3 is 9.66 Å². The summed E-state index contributed by atoms with van der Waals surface area (Å²) in [5.74, 6) is 0. The molecular formula is C24H49NaO4S. The summed E-state index contributed by atoms with van der Waals surface area (Å²) < 4.78 is 34.3. The van der Waals surface area contributed by atoms with Crippen molar-refractivity contribution in [1.82, 2.24) is 0 Å². The fourth-order valence-electron chi connectivity index (χ4n) is 3.98. The first-order valence-electron chi connectivity index (χ1n) is 12.5. The summed E-state index contributed by atoms with van der Waals surface area (Å²) in [5.41, 5.74) is 0. The zero-order chi connectivity index (χ0) is 21.8. The molecule has 0 saturated heterocycles. The molecule has 0 radical (unpaired) electrons. The molecule has 0 heterocycles. The van der Waals surface area contributed by atoms with Crippen molar-refractivity contribution in [3.05, 3.63) is 0 Å². The molecule has 2 atom stereocenters. The molecular weight excluding hydrogens is 407 g/mol. The topological polar surface area (TPSA) is 77.4 Å². The number of hydrogen-bond donors (Lipinski definition) is 1. The third kappa shape index (κ3) is 22.1. The minimum absolute atomic E-state index is 0. The fraction of sp³-hybridized carbons (Fsp3) is 1.00. The van der Waals surface area contributed by atoms with E-state index >= 15 is 0 Å². The Labute approximate surface area is 210 Å². The number of aliphatic hydroxyl groups excluding tert-OH is 1. The van der Waals surface area contributed by atoms with Crippen molar-refractivity contribution < 1.29 is 47.6 Å². The van der Waals surface area contributed by atoms with Gasteiger partial charge in [0.05, 0.1) is 16.2 Å². The number of unbranched alkanes of at least 4 members (excludes halogenated alkanes) is 13. The maximum absolute atomic E-state index is 11.4. The Morgan fingerprint density at radius 2 is 0.933 bits per heavy atom. The Balaban J connectivity index is 0. The van der Waals surface area contributed by atoms with E-state index in [1.54, 1.807) is 0 Å². The molecule has 0 aliphatic heterocycles. The molecule has 1 N–H and O–H groups in total. The van der Waals surface area contributed by atoms with Gasteiger partial charge in [0.15, 0.2) is 0 Å². The second-order valence-corrected chi connectivity index (χ2v) is 10.5. The standard InChI is InChI=1S/C24H50O4S.Na/c1-3-5-7-17-21-24(29(26,27)28)22-18-15-13-11-9-8-10-12-14-16-20-23(25)19-6-4-2;/h23-25H,3-22H2,1-2H3,(H,26,27,28);/q;+1/p-1. The van der Waals surface area contributed by atoms with Crippen LogP contribution in [0.5, 0.6) is 0 Å². The van der Waals surface area contributed by atoms with Crippen LogP contribution in [0.3, 0.4) is 0 Å². The van der Waals surface area contributed by atoms with Gasteiger partial charge in [-0.1, -0.05) is 117 Å². The SMILES string of the molecule is CCCCCCC(CCCCCCCCCCCCC(O)CCCC)S(=O)(=O)[O-].[Na+]. The first-order valence-corrected chi connectivity index (χ1v) is 14.0. The molecule has 0 aromatic rings. The zero-order valence-electron chi connectivity index (χ0n) is 20.4. The smallest absolute Gasteiger partial charge is 0.748 e. The third-order valence-electron chi connectivity index (χ3n) is 5.99. The average Bonchev–Trinajstić information content (AvgIpc) is 2.67. The second-order valence-electron chi connectivity index (χ2n) is 8.87. The van der Waals surface area contributed by atoms with E-state index < -0.39 is 15.4 Å². The molecule has 0 aliphatic rings. The molecule has 0 saturated carbocycles. The van der Waals surface area contributed by atoms with Crippen molar-refractivity contribution in [2.24, 2.45) is 0 Å². The maximum Gasteiger partial charge on any atom is 1.00 e. The average molecular weight is 457 g/mol. The predicted octanol–water partition coefficient (Wildman–Crippen LogP) is 4.11. The second kappa shape index (κ2) is 23.0. The van der Waals surface area contributed by atoms with Crippen molar-refractivity contribution in [2.45, 2.75) is 154 Å². The molecule has 4 nitrogen and oxygen atoms in total. The molecule has 2 unspecified atom stereocenters. The van der Waals surface area contributed by atoms with Gasteiger partial charge in [-0.25, -0.2) is 8.42 Å². The van der Waals surface area contributed by atoms with E-state index in [9.17, 15) is 18.1 Å². The van der Waals surface area contributed by atoms with Gasteiger partial charge in [0, 0.05) is 5.25 Å². The molecule has 0 aromatic carbocycles. The molecule has 176 valence electrons. The summed E-state index contributed by atoms with van der Waals surface area (Å²) in [4.78, 5) is 0. The van der Waals surface area contributed by atoms with Crippen LogP contribution in [-0.4, -0.2) is 29.4 Å². The molecule has 0 rings (SSSR count). The van der Waals surface area contributed by atoms with Crippen LogP contribution >= 0.6 is 0 Å². The van der Waals surface area contributed by atoms with E-state index in [-0.39, 0.29) is 35.7 Å². The largest absolute Gasteiger partial charge is 1.00 e. The van der Waals surface area contributed by atoms with Crippen LogP contribution < -0.4 is 29.6 Å². The Hall–Kier alpha value is 0.870. The van der Waals surface area contributed by atoms with Crippen LogP contribution in [0.15, 0.2) is 0 Å². The van der Waals surface area contributed by atoms with Crippen LogP contribution in [0.2, 0.25) is 0 Å². The Kier molecular flexibility index (Phi) is 25.4. The summed E-state index contributed by atoms with van der Waals surface area (Å²) in [7, 11) is -4.14. The summed E-state index contributed by atoms with van der Waals surface area (Å²) >= 11 is 0. The minimum atomic E-state index is -4.14. The first-order chi connectivity index (χ1) is 13.9. The van der Waals surface area contributed by atoms with Gasteiger partial charge in [-0.05, 0) is 25.7 Å². The molecule has 6 heteroatoms. The Morgan fingerprint density at radius 1 is 0.600 bits per heavy atom. The molecule has 0 spiro atoms. The summed E-state index contributed by atoms with van der Waals surface area (Å²) in [6, 6.07) is 0. The first kappa shape index (κ1) is 33.0. The van der Waals surface area contributed by atoms with Gasteiger partial charge >= 0.3 is 29.6 Å². The molecule has 0 aromatic heterocycles. The maximum atomic E-state index is 11.4. The van der Waals surface area contributed by atoms with Crippen LogP contribution in [0.4, 0.5) is 0 Å². The van der Waals surface area contributed by atoms with Gasteiger partial charge in [-0.3, -0.25) is 0 Å². The Morgan fingerprint density at radius 3 is 1.33 bits per heavy atom. The van der Waals surface area contributed by atoms with Crippen molar-refractivity contribution in [2.75, 3.05) is 0 Å². The van der Waals surface area contributed by atoms with Crippen LogP contribution in [0.25, 0.3) is 0 Å². The van der Waals surface area contributed by atoms with Crippen LogP contribution in [0.1, 0.15) is 142 Å². The van der Waals surface area contributed by atoms with Crippen molar-refractivity contribution in [3.8, 4) is 0 Å². The molecule has 0 fully saturated rings. The normalized spacial score (nSPS) is 13.7. The van der Waals surface area contributed by atoms with Gasteiger partial charge in [0.25, 0.3) is 0 Å². The fourth-order valence-corrected chi connectivity index (χ4v) is 4.89. The quantitative estimate of drug-likeness (QED) is 0.151. The van der Waals surface area contributed by atoms with E-state index in [0.717, 1.165) is 77.0 Å². The van der Waals surface area contributed by atoms with Gasteiger partial charge in [0.1, 0.15) is 0 Å². The predicted molar refractivity (Wildman–Crippen MR) is 123 cm³/mol. The van der Waals surface area contributed by atoms with Gasteiger partial charge in [-0.2, -0.15) is 0 Å². The number of rotatable bonds is 22. The van der Waals surface area contributed by atoms with Crippen molar-refractivity contribution in [1.29, 1.82) is 0 Å². The molecule has 30 heavy (non-hydrogen) atoms. The van der Waals surface area contributed by atoms with Crippen LogP contribution in [0, 0.1) is 0 Å². The van der Waals surface area contributed by atoms with E-state index in [0.29, 0.717) is 12.8 Å².